The molecule has 5 nitrogen and oxygen atoms in total. The number of thiazole rings is 1. The summed E-state index contributed by atoms with van der Waals surface area (Å²) < 4.78 is 2.15. The van der Waals surface area contributed by atoms with Gasteiger partial charge in [-0.15, -0.1) is 11.3 Å². The van der Waals surface area contributed by atoms with Crippen molar-refractivity contribution >= 4 is 22.1 Å². The van der Waals surface area contributed by atoms with Gasteiger partial charge in [0.2, 0.25) is 0 Å². The fraction of sp³-hybridized carbons (Fsp3) is 0.643. The van der Waals surface area contributed by atoms with E-state index in [1.807, 2.05) is 0 Å². The lowest BCUT2D eigenvalue weighted by Crippen LogP contribution is -2.35. The van der Waals surface area contributed by atoms with Crippen LogP contribution >= 0.6 is 11.3 Å². The molecule has 2 N–H and O–H groups in total. The van der Waals surface area contributed by atoms with Crippen molar-refractivity contribution in [3.63, 3.8) is 0 Å². The Morgan fingerprint density at radius 1 is 1.50 bits per heavy atom. The number of nitrogens with one attached hydrogen (secondary N) is 1. The number of nitrogens with zero attached hydrogens (tertiary/aromatic N) is 3. The van der Waals surface area contributed by atoms with Crippen molar-refractivity contribution in [3.05, 3.63) is 17.3 Å². The SMILES string of the molecule is CCCNCc1c(N(CCO)C(C)C)nc2sccn12. The van der Waals surface area contributed by atoms with E-state index in [1.54, 1.807) is 11.3 Å². The maximum atomic E-state index is 9.29. The van der Waals surface area contributed by atoms with Crippen LogP contribution in [0.25, 0.3) is 4.96 Å². The smallest absolute Gasteiger partial charge is 0.195 e. The highest BCUT2D eigenvalue weighted by molar-refractivity contribution is 7.15. The van der Waals surface area contributed by atoms with Gasteiger partial charge >= 0.3 is 0 Å². The number of hydrogen-bond donors (Lipinski definition) is 2. The molecule has 0 spiro atoms. The number of imidazole rings is 1. The Hall–Kier alpha value is -1.11. The van der Waals surface area contributed by atoms with Crippen LogP contribution in [-0.2, 0) is 6.54 Å². The summed E-state index contributed by atoms with van der Waals surface area (Å²) in [5.74, 6) is 0.990. The Morgan fingerprint density at radius 3 is 2.95 bits per heavy atom. The molecule has 0 aromatic carbocycles. The van der Waals surface area contributed by atoms with E-state index in [1.165, 1.54) is 5.69 Å². The van der Waals surface area contributed by atoms with Crippen LogP contribution in [0.2, 0.25) is 0 Å². The van der Waals surface area contributed by atoms with E-state index in [4.69, 9.17) is 4.98 Å². The fourth-order valence-corrected chi connectivity index (χ4v) is 3.04. The lowest BCUT2D eigenvalue weighted by Gasteiger charge is -2.27. The highest BCUT2D eigenvalue weighted by Crippen LogP contribution is 2.26. The zero-order valence-electron chi connectivity index (χ0n) is 12.5. The van der Waals surface area contributed by atoms with E-state index in [-0.39, 0.29) is 6.61 Å². The van der Waals surface area contributed by atoms with Crippen LogP contribution in [0.5, 0.6) is 0 Å². The Labute approximate surface area is 124 Å². The standard InChI is InChI=1S/C14H24N4OS/c1-4-5-15-10-12-13(17(6-8-19)11(2)3)16-14-18(12)7-9-20-14/h7,9,11,15,19H,4-6,8,10H2,1-3H3. The van der Waals surface area contributed by atoms with Crippen molar-refractivity contribution in [2.75, 3.05) is 24.6 Å². The normalized spacial score (nSPS) is 11.7. The van der Waals surface area contributed by atoms with Crippen LogP contribution in [0.3, 0.4) is 0 Å². The molecular formula is C14H24N4OS. The minimum atomic E-state index is 0.144. The molecule has 0 aliphatic rings. The summed E-state index contributed by atoms with van der Waals surface area (Å²) in [5.41, 5.74) is 1.18. The highest BCUT2D eigenvalue weighted by atomic mass is 32.1. The predicted octanol–water partition coefficient (Wildman–Crippen LogP) is 2.10. The van der Waals surface area contributed by atoms with Gasteiger partial charge in [-0.05, 0) is 26.8 Å². The van der Waals surface area contributed by atoms with Gasteiger partial charge in [-0.2, -0.15) is 0 Å². The van der Waals surface area contributed by atoms with E-state index in [2.05, 4.69) is 47.0 Å². The molecule has 2 aromatic rings. The maximum Gasteiger partial charge on any atom is 0.195 e. The van der Waals surface area contributed by atoms with Gasteiger partial charge in [-0.3, -0.25) is 4.40 Å². The van der Waals surface area contributed by atoms with Crippen LogP contribution < -0.4 is 10.2 Å². The molecule has 112 valence electrons. The monoisotopic (exact) mass is 296 g/mol. The zero-order valence-corrected chi connectivity index (χ0v) is 13.3. The van der Waals surface area contributed by atoms with Gasteiger partial charge in [-0.1, -0.05) is 6.92 Å². The van der Waals surface area contributed by atoms with Crippen LogP contribution in [0.1, 0.15) is 32.9 Å². The summed E-state index contributed by atoms with van der Waals surface area (Å²) in [4.78, 5) is 7.93. The van der Waals surface area contributed by atoms with Crippen LogP contribution in [0.15, 0.2) is 11.6 Å². The molecule has 0 amide bonds. The Bertz CT molecular complexity index is 534. The maximum absolute atomic E-state index is 9.29. The molecule has 2 rings (SSSR count). The van der Waals surface area contributed by atoms with Gasteiger partial charge in [0.25, 0.3) is 0 Å². The molecule has 20 heavy (non-hydrogen) atoms. The molecule has 2 aromatic heterocycles. The molecule has 0 unspecified atom stereocenters. The number of anilines is 1. The van der Waals surface area contributed by atoms with Crippen LogP contribution in [0, 0.1) is 0 Å². The van der Waals surface area contributed by atoms with E-state index in [0.717, 1.165) is 30.3 Å². The Kier molecular flexibility index (Phi) is 5.39. The first kappa shape index (κ1) is 15.3. The number of rotatable bonds is 8. The first-order chi connectivity index (χ1) is 9.69. The third-order valence-corrected chi connectivity index (χ3v) is 4.05. The molecule has 0 aliphatic heterocycles. The van der Waals surface area contributed by atoms with E-state index >= 15 is 0 Å². The van der Waals surface area contributed by atoms with Crippen molar-refractivity contribution < 1.29 is 5.11 Å². The van der Waals surface area contributed by atoms with Gasteiger partial charge in [0.15, 0.2) is 10.8 Å². The summed E-state index contributed by atoms with van der Waals surface area (Å²) >= 11 is 1.64. The zero-order chi connectivity index (χ0) is 14.5. The lowest BCUT2D eigenvalue weighted by atomic mass is 10.3. The third-order valence-electron chi connectivity index (χ3n) is 3.30. The minimum absolute atomic E-state index is 0.144. The topological polar surface area (TPSA) is 52.8 Å². The van der Waals surface area contributed by atoms with Gasteiger partial charge in [0.1, 0.15) is 0 Å². The average molecular weight is 296 g/mol. The van der Waals surface area contributed by atoms with Crippen LogP contribution in [-0.4, -0.2) is 40.2 Å². The number of hydrogen-bond acceptors (Lipinski definition) is 5. The first-order valence-electron chi connectivity index (χ1n) is 7.21. The van der Waals surface area contributed by atoms with E-state index < -0.39 is 0 Å². The van der Waals surface area contributed by atoms with Crippen molar-refractivity contribution in [2.45, 2.75) is 39.8 Å². The van der Waals surface area contributed by atoms with E-state index in [9.17, 15) is 5.11 Å². The van der Waals surface area contributed by atoms with Crippen LogP contribution in [0.4, 0.5) is 5.82 Å². The molecule has 0 fully saturated rings. The number of fused-ring (bicyclic) bond motifs is 1. The Morgan fingerprint density at radius 2 is 2.30 bits per heavy atom. The second kappa shape index (κ2) is 7.06. The van der Waals surface area contributed by atoms with Gasteiger partial charge in [-0.25, -0.2) is 4.98 Å². The van der Waals surface area contributed by atoms with E-state index in [0.29, 0.717) is 12.6 Å². The lowest BCUT2D eigenvalue weighted by molar-refractivity contribution is 0.298. The fourth-order valence-electron chi connectivity index (χ4n) is 2.32. The van der Waals surface area contributed by atoms with Crippen molar-refractivity contribution in [2.24, 2.45) is 0 Å². The molecule has 6 heteroatoms. The summed E-state index contributed by atoms with van der Waals surface area (Å²) in [7, 11) is 0. The number of aliphatic hydroxyl groups is 1. The van der Waals surface area contributed by atoms with Crippen molar-refractivity contribution in [1.29, 1.82) is 0 Å². The first-order valence-corrected chi connectivity index (χ1v) is 8.09. The largest absolute Gasteiger partial charge is 0.395 e. The van der Waals surface area contributed by atoms with Crippen molar-refractivity contribution in [1.82, 2.24) is 14.7 Å². The summed E-state index contributed by atoms with van der Waals surface area (Å²) in [5, 5.41) is 14.8. The second-order valence-electron chi connectivity index (χ2n) is 5.13. The molecule has 0 atom stereocenters. The Balaban J connectivity index is 2.34. The molecule has 0 bridgehead atoms. The average Bonchev–Trinajstić information content (AvgIpc) is 2.98. The number of aromatic nitrogens is 2. The molecule has 0 saturated carbocycles. The molecule has 0 saturated heterocycles. The van der Waals surface area contributed by atoms with Gasteiger partial charge < -0.3 is 15.3 Å². The van der Waals surface area contributed by atoms with Gasteiger partial charge in [0, 0.05) is 30.7 Å². The minimum Gasteiger partial charge on any atom is -0.395 e. The van der Waals surface area contributed by atoms with Gasteiger partial charge in [0.05, 0.1) is 12.3 Å². The predicted molar refractivity (Wildman–Crippen MR) is 84.6 cm³/mol. The quantitative estimate of drug-likeness (QED) is 0.733. The highest BCUT2D eigenvalue weighted by Gasteiger charge is 2.20. The molecule has 0 aliphatic carbocycles. The summed E-state index contributed by atoms with van der Waals surface area (Å²) in [6.45, 7) is 8.98. The van der Waals surface area contributed by atoms with Crippen molar-refractivity contribution in [3.8, 4) is 0 Å². The third kappa shape index (κ3) is 3.13. The number of aliphatic hydroxyl groups excluding tert-OH is 1. The molecule has 0 radical (unpaired) electrons. The molecular weight excluding hydrogens is 272 g/mol. The summed E-state index contributed by atoms with van der Waals surface area (Å²) in [6, 6.07) is 0.316. The summed E-state index contributed by atoms with van der Waals surface area (Å²) in [6.07, 6.45) is 3.18. The molecule has 2 heterocycles. The second-order valence-corrected chi connectivity index (χ2v) is 6.00.